The molecule has 1 aromatic rings. The summed E-state index contributed by atoms with van der Waals surface area (Å²) < 4.78 is 0. The molecule has 1 saturated heterocycles. The summed E-state index contributed by atoms with van der Waals surface area (Å²) in [7, 11) is 0. The highest BCUT2D eigenvalue weighted by atomic mass is 15.1. The first-order valence-corrected chi connectivity index (χ1v) is 7.95. The summed E-state index contributed by atoms with van der Waals surface area (Å²) in [6.45, 7) is 9.30. The van der Waals surface area contributed by atoms with Crippen molar-refractivity contribution in [3.8, 4) is 0 Å². The predicted molar refractivity (Wildman–Crippen MR) is 85.1 cm³/mol. The largest absolute Gasteiger partial charge is 0.310 e. The summed E-state index contributed by atoms with van der Waals surface area (Å²) in [6, 6.07) is 10.2. The van der Waals surface area contributed by atoms with E-state index in [9.17, 15) is 0 Å². The van der Waals surface area contributed by atoms with Gasteiger partial charge in [-0.25, -0.2) is 0 Å². The van der Waals surface area contributed by atoms with Crippen molar-refractivity contribution in [1.82, 2.24) is 10.6 Å². The lowest BCUT2D eigenvalue weighted by Gasteiger charge is -2.47. The molecule has 1 heterocycles. The minimum Gasteiger partial charge on any atom is -0.310 e. The number of rotatable bonds is 2. The molecule has 20 heavy (non-hydrogen) atoms. The molecule has 1 aliphatic heterocycles. The van der Waals surface area contributed by atoms with Crippen molar-refractivity contribution in [2.24, 2.45) is 0 Å². The van der Waals surface area contributed by atoms with Gasteiger partial charge in [-0.15, -0.1) is 0 Å². The van der Waals surface area contributed by atoms with E-state index in [1.165, 1.54) is 36.8 Å². The van der Waals surface area contributed by atoms with Gasteiger partial charge in [0.05, 0.1) is 0 Å². The zero-order chi connectivity index (χ0) is 14.4. The molecule has 2 N–H and O–H groups in total. The van der Waals surface area contributed by atoms with E-state index in [4.69, 9.17) is 0 Å². The molecule has 1 fully saturated rings. The van der Waals surface area contributed by atoms with Crippen LogP contribution in [0.3, 0.4) is 0 Å². The van der Waals surface area contributed by atoms with Crippen LogP contribution in [0.5, 0.6) is 0 Å². The van der Waals surface area contributed by atoms with E-state index < -0.39 is 0 Å². The Morgan fingerprint density at radius 1 is 0.900 bits per heavy atom. The number of fused-ring (bicyclic) bond motifs is 1. The lowest BCUT2D eigenvalue weighted by molar-refractivity contribution is 0.140. The molecule has 0 unspecified atom stereocenters. The highest BCUT2D eigenvalue weighted by Crippen LogP contribution is 2.30. The quantitative estimate of drug-likeness (QED) is 0.864. The summed E-state index contributed by atoms with van der Waals surface area (Å²) in [5.74, 6) is 0. The molecule has 0 saturated carbocycles. The van der Waals surface area contributed by atoms with Crippen molar-refractivity contribution < 1.29 is 0 Å². The van der Waals surface area contributed by atoms with Gasteiger partial charge < -0.3 is 10.6 Å². The van der Waals surface area contributed by atoms with Gasteiger partial charge in [0.25, 0.3) is 0 Å². The van der Waals surface area contributed by atoms with E-state index in [0.717, 1.165) is 0 Å². The van der Waals surface area contributed by atoms with Crippen molar-refractivity contribution in [2.45, 2.75) is 76.5 Å². The van der Waals surface area contributed by atoms with Crippen LogP contribution in [0.2, 0.25) is 0 Å². The maximum absolute atomic E-state index is 3.94. The fraction of sp³-hybridized carbons (Fsp3) is 0.667. The molecule has 0 bridgehead atoms. The average molecular weight is 272 g/mol. The molecule has 2 nitrogen and oxygen atoms in total. The van der Waals surface area contributed by atoms with Crippen LogP contribution in [-0.4, -0.2) is 23.2 Å². The van der Waals surface area contributed by atoms with Gasteiger partial charge >= 0.3 is 0 Å². The highest BCUT2D eigenvalue weighted by Gasteiger charge is 2.38. The van der Waals surface area contributed by atoms with E-state index >= 15 is 0 Å². The number of piperidine rings is 1. The molecule has 0 radical (unpaired) electrons. The maximum atomic E-state index is 3.94. The molecule has 1 aliphatic carbocycles. The number of benzene rings is 1. The summed E-state index contributed by atoms with van der Waals surface area (Å²) in [5.41, 5.74) is 3.53. The van der Waals surface area contributed by atoms with Gasteiger partial charge in [0.1, 0.15) is 0 Å². The predicted octanol–water partition coefficient (Wildman–Crippen LogP) is 3.05. The first-order chi connectivity index (χ1) is 9.33. The van der Waals surface area contributed by atoms with Gasteiger partial charge in [0.15, 0.2) is 0 Å². The van der Waals surface area contributed by atoms with Crippen molar-refractivity contribution in [3.63, 3.8) is 0 Å². The van der Waals surface area contributed by atoms with Crippen molar-refractivity contribution in [3.05, 3.63) is 35.4 Å². The third kappa shape index (κ3) is 3.07. The highest BCUT2D eigenvalue weighted by molar-refractivity contribution is 5.33. The van der Waals surface area contributed by atoms with Crippen LogP contribution in [-0.2, 0) is 12.8 Å². The number of hydrogen-bond donors (Lipinski definition) is 2. The molecule has 2 aliphatic rings. The van der Waals surface area contributed by atoms with Gasteiger partial charge in [0.2, 0.25) is 0 Å². The number of hydrogen-bond acceptors (Lipinski definition) is 2. The fourth-order valence-corrected chi connectivity index (χ4v) is 4.45. The Kier molecular flexibility index (Phi) is 3.42. The summed E-state index contributed by atoms with van der Waals surface area (Å²) in [6.07, 6.45) is 4.81. The Balaban J connectivity index is 1.65. The van der Waals surface area contributed by atoms with Crippen molar-refractivity contribution in [1.29, 1.82) is 0 Å². The Labute approximate surface area is 123 Å². The van der Waals surface area contributed by atoms with Crippen molar-refractivity contribution in [2.75, 3.05) is 0 Å². The standard InChI is InChI=1S/C18H28N2/c1-17(2)11-16(12-18(3,4)20-17)19-15-9-13-7-5-6-8-14(13)10-15/h5-8,15-16,19-20H,9-12H2,1-4H3. The molecular formula is C18H28N2. The molecule has 0 amide bonds. The second-order valence-corrected chi connectivity index (χ2v) is 8.04. The lowest BCUT2D eigenvalue weighted by Crippen LogP contribution is -2.62. The fourth-order valence-electron chi connectivity index (χ4n) is 4.45. The average Bonchev–Trinajstić information content (AvgIpc) is 2.66. The van der Waals surface area contributed by atoms with Crippen LogP contribution in [0, 0.1) is 0 Å². The Morgan fingerprint density at radius 3 is 1.90 bits per heavy atom. The van der Waals surface area contributed by atoms with Crippen LogP contribution < -0.4 is 10.6 Å². The summed E-state index contributed by atoms with van der Waals surface area (Å²) in [5, 5.41) is 7.70. The van der Waals surface area contributed by atoms with Crippen molar-refractivity contribution >= 4 is 0 Å². The van der Waals surface area contributed by atoms with Gasteiger partial charge in [-0.2, -0.15) is 0 Å². The molecule has 1 aromatic carbocycles. The first-order valence-electron chi connectivity index (χ1n) is 7.95. The summed E-state index contributed by atoms with van der Waals surface area (Å²) in [4.78, 5) is 0. The first kappa shape index (κ1) is 14.1. The number of nitrogens with one attached hydrogen (secondary N) is 2. The third-order valence-electron chi connectivity index (χ3n) is 4.71. The lowest BCUT2D eigenvalue weighted by atomic mass is 9.79. The SMILES string of the molecule is CC1(C)CC(NC2Cc3ccccc3C2)CC(C)(C)N1. The summed E-state index contributed by atoms with van der Waals surface area (Å²) >= 11 is 0. The zero-order valence-corrected chi connectivity index (χ0v) is 13.3. The van der Waals surface area contributed by atoms with Crippen LogP contribution >= 0.6 is 0 Å². The molecule has 0 atom stereocenters. The topological polar surface area (TPSA) is 24.1 Å². The molecule has 110 valence electrons. The molecule has 2 heteroatoms. The molecular weight excluding hydrogens is 244 g/mol. The van der Waals surface area contributed by atoms with Gasteiger partial charge in [0, 0.05) is 23.2 Å². The maximum Gasteiger partial charge on any atom is 0.0151 e. The Hall–Kier alpha value is -0.860. The van der Waals surface area contributed by atoms with E-state index in [2.05, 4.69) is 62.6 Å². The second kappa shape index (κ2) is 4.85. The van der Waals surface area contributed by atoms with Crippen LogP contribution in [0.15, 0.2) is 24.3 Å². The van der Waals surface area contributed by atoms with E-state index in [1.54, 1.807) is 0 Å². The zero-order valence-electron chi connectivity index (χ0n) is 13.3. The van der Waals surface area contributed by atoms with Gasteiger partial charge in [-0.05, 0) is 64.5 Å². The van der Waals surface area contributed by atoms with Gasteiger partial charge in [-0.3, -0.25) is 0 Å². The second-order valence-electron chi connectivity index (χ2n) is 8.04. The third-order valence-corrected chi connectivity index (χ3v) is 4.71. The molecule has 0 aromatic heterocycles. The minimum absolute atomic E-state index is 0.227. The molecule has 3 rings (SSSR count). The Morgan fingerprint density at radius 2 is 1.40 bits per heavy atom. The molecule has 0 spiro atoms. The van der Waals surface area contributed by atoms with Gasteiger partial charge in [-0.1, -0.05) is 24.3 Å². The van der Waals surface area contributed by atoms with Crippen LogP contribution in [0.25, 0.3) is 0 Å². The normalized spacial score (nSPS) is 25.6. The Bertz CT molecular complexity index is 449. The van der Waals surface area contributed by atoms with E-state index in [0.29, 0.717) is 12.1 Å². The van der Waals surface area contributed by atoms with Crippen LogP contribution in [0.1, 0.15) is 51.7 Å². The van der Waals surface area contributed by atoms with E-state index in [1.807, 2.05) is 0 Å². The smallest absolute Gasteiger partial charge is 0.0151 e. The van der Waals surface area contributed by atoms with Crippen LogP contribution in [0.4, 0.5) is 0 Å². The minimum atomic E-state index is 0.227. The van der Waals surface area contributed by atoms with E-state index in [-0.39, 0.29) is 11.1 Å². The monoisotopic (exact) mass is 272 g/mol.